The zero-order chi connectivity index (χ0) is 15.4. The van der Waals surface area contributed by atoms with Crippen LogP contribution in [0.4, 0.5) is 0 Å². The Hall–Kier alpha value is -0.0106. The van der Waals surface area contributed by atoms with E-state index in [1.807, 2.05) is 0 Å². The molecule has 0 unspecified atom stereocenters. The van der Waals surface area contributed by atoms with Crippen molar-refractivity contribution in [3.63, 3.8) is 0 Å². The van der Waals surface area contributed by atoms with Crippen molar-refractivity contribution >= 4 is 13.0 Å². The van der Waals surface area contributed by atoms with Crippen molar-refractivity contribution in [3.8, 4) is 0 Å². The summed E-state index contributed by atoms with van der Waals surface area (Å²) < 4.78 is 4.54. The Morgan fingerprint density at radius 3 is 1.68 bits per heavy atom. The van der Waals surface area contributed by atoms with Crippen LogP contribution in [0.3, 0.4) is 0 Å². The van der Waals surface area contributed by atoms with Crippen LogP contribution in [0.2, 0.25) is 0 Å². The average molecular weight is 334 g/mol. The second kappa shape index (κ2) is 9.33. The first kappa shape index (κ1) is 20.0. The maximum absolute atomic E-state index is 2.38. The van der Waals surface area contributed by atoms with E-state index in [1.54, 1.807) is 0 Å². The molecule has 10 radical (unpaired) electrons. The van der Waals surface area contributed by atoms with Crippen LogP contribution in [0, 0.1) is 63.0 Å². The number of hydrogen-bond acceptors (Lipinski definition) is 0. The minimum Gasteiger partial charge on any atom is -0.501 e. The van der Waals surface area contributed by atoms with E-state index in [-0.39, 0.29) is 17.1 Å². The van der Waals surface area contributed by atoms with E-state index in [0.29, 0.717) is 13.0 Å². The van der Waals surface area contributed by atoms with Gasteiger partial charge in [-0.25, -0.2) is 11.4 Å². The van der Waals surface area contributed by atoms with Crippen molar-refractivity contribution in [2.24, 2.45) is 0 Å². The van der Waals surface area contributed by atoms with Crippen molar-refractivity contribution in [1.82, 2.24) is 0 Å². The largest absolute Gasteiger partial charge is 2.00 e. The van der Waals surface area contributed by atoms with E-state index < -0.39 is 0 Å². The molecule has 0 aliphatic heterocycles. The van der Waals surface area contributed by atoms with Crippen LogP contribution in [0.15, 0.2) is 11.4 Å². The van der Waals surface area contributed by atoms with Crippen molar-refractivity contribution in [3.05, 3.63) is 74.4 Å². The molecule has 0 aromatic heterocycles. The van der Waals surface area contributed by atoms with Crippen molar-refractivity contribution in [2.75, 3.05) is 28.2 Å². The quantitative estimate of drug-likeness (QED) is 0.694. The van der Waals surface area contributed by atoms with Crippen LogP contribution in [0.1, 0.15) is 6.92 Å². The smallest absolute Gasteiger partial charge is 0.501 e. The predicted octanol–water partition coefficient (Wildman–Crippen LogP) is 1.96. The van der Waals surface area contributed by atoms with Crippen molar-refractivity contribution in [2.45, 2.75) is 6.92 Å². The summed E-state index contributed by atoms with van der Waals surface area (Å²) in [5, 5.41) is 0. The molecule has 0 bridgehead atoms. The van der Waals surface area contributed by atoms with Crippen LogP contribution < -0.4 is 0 Å². The first-order valence-corrected chi connectivity index (χ1v) is 7.45. The van der Waals surface area contributed by atoms with Crippen molar-refractivity contribution in [1.29, 1.82) is 0 Å². The normalized spacial score (nSPS) is 20.0. The SMILES string of the molecule is C/C(=C/[B-]([C]1[CH][CH][CH][CH]1)=[N+](C)C)[B-]([C]1[CH][CH][CH][CH]1)=[N+](C)C.[Fe+2]. The van der Waals surface area contributed by atoms with E-state index in [4.69, 9.17) is 0 Å². The third kappa shape index (κ3) is 4.99. The minimum absolute atomic E-state index is 0. The summed E-state index contributed by atoms with van der Waals surface area (Å²) in [6.07, 6.45) is 17.2. The van der Waals surface area contributed by atoms with Crippen LogP contribution in [0.25, 0.3) is 0 Å². The Balaban J connectivity index is 0.00000242. The molecule has 114 valence electrons. The van der Waals surface area contributed by atoms with E-state index in [1.165, 1.54) is 17.1 Å². The molecule has 0 amide bonds. The zero-order valence-corrected chi connectivity index (χ0v) is 15.2. The predicted molar refractivity (Wildman–Crippen MR) is 90.4 cm³/mol. The Morgan fingerprint density at radius 2 is 1.27 bits per heavy atom. The Morgan fingerprint density at radius 1 is 0.818 bits per heavy atom. The van der Waals surface area contributed by atoms with E-state index in [0.717, 1.165) is 0 Å². The molecule has 0 atom stereocenters. The standard InChI is InChI=1S/C17H24B2N2.Fe/c1-15(19(21(4)5)17-12-8-9-13-17)14-18(20(2)3)16-10-6-7-11-16;/h6-14H,1-5H3;/q;+2/b15-14-;. The van der Waals surface area contributed by atoms with Gasteiger partial charge in [0.15, 0.2) is 13.0 Å². The number of hydrogen-bond donors (Lipinski definition) is 0. The van der Waals surface area contributed by atoms with Gasteiger partial charge >= 0.3 is 17.1 Å². The maximum atomic E-state index is 2.38. The maximum Gasteiger partial charge on any atom is 2.00 e. The summed E-state index contributed by atoms with van der Waals surface area (Å²) in [6, 6.07) is 0. The molecule has 2 rings (SSSR count). The zero-order valence-electron chi connectivity index (χ0n) is 14.1. The molecule has 0 saturated heterocycles. The van der Waals surface area contributed by atoms with Gasteiger partial charge in [-0.05, 0) is 25.7 Å². The number of allylic oxidation sites excluding steroid dienone is 1. The molecule has 2 aliphatic rings. The molecule has 0 N–H and O–H groups in total. The molecular formula is C17H24B2FeN2+2. The summed E-state index contributed by atoms with van der Waals surface area (Å²) in [7, 11) is 8.55. The van der Waals surface area contributed by atoms with Gasteiger partial charge in [-0.2, -0.15) is 0 Å². The molecule has 2 fully saturated rings. The first-order valence-electron chi connectivity index (χ1n) is 7.45. The summed E-state index contributed by atoms with van der Waals surface area (Å²) >= 11 is 0. The molecule has 0 spiro atoms. The molecule has 5 heteroatoms. The van der Waals surface area contributed by atoms with Gasteiger partial charge in [-0.3, -0.25) is 0 Å². The molecule has 2 saturated carbocycles. The minimum atomic E-state index is 0. The monoisotopic (exact) mass is 334 g/mol. The van der Waals surface area contributed by atoms with E-state index >= 15 is 0 Å². The van der Waals surface area contributed by atoms with Crippen LogP contribution >= 0.6 is 0 Å². The van der Waals surface area contributed by atoms with Gasteiger partial charge < -0.3 is 8.96 Å². The second-order valence-corrected chi connectivity index (χ2v) is 6.12. The molecule has 0 heterocycles. The third-order valence-electron chi connectivity index (χ3n) is 3.96. The Labute approximate surface area is 148 Å². The van der Waals surface area contributed by atoms with Crippen LogP contribution in [-0.2, 0) is 17.1 Å². The van der Waals surface area contributed by atoms with Gasteiger partial charge in [0.05, 0.1) is 28.2 Å². The molecular weight excluding hydrogens is 310 g/mol. The van der Waals surface area contributed by atoms with Gasteiger partial charge in [0.1, 0.15) is 0 Å². The fourth-order valence-electron chi connectivity index (χ4n) is 3.01. The summed E-state index contributed by atoms with van der Waals surface area (Å²) in [5.74, 6) is 5.08. The Bertz CT molecular complexity index is 463. The van der Waals surface area contributed by atoms with Gasteiger partial charge in [-0.1, -0.05) is 32.6 Å². The first-order chi connectivity index (χ1) is 10.0. The topological polar surface area (TPSA) is 6.02 Å². The third-order valence-corrected chi connectivity index (χ3v) is 3.96. The van der Waals surface area contributed by atoms with Gasteiger partial charge in [0.25, 0.3) is 0 Å². The van der Waals surface area contributed by atoms with E-state index in [2.05, 4.69) is 101 Å². The summed E-state index contributed by atoms with van der Waals surface area (Å²) in [4.78, 5) is 0. The second-order valence-electron chi connectivity index (χ2n) is 6.12. The number of rotatable bonds is 4. The molecule has 2 nitrogen and oxygen atoms in total. The molecule has 0 aromatic carbocycles. The van der Waals surface area contributed by atoms with E-state index in [9.17, 15) is 0 Å². The fraction of sp³-hybridized carbons (Fsp3) is 0.294. The molecule has 2 aliphatic carbocycles. The molecule has 22 heavy (non-hydrogen) atoms. The summed E-state index contributed by atoms with van der Waals surface area (Å²) in [6.45, 7) is 2.88. The van der Waals surface area contributed by atoms with Gasteiger partial charge in [-0.15, -0.1) is 11.6 Å². The van der Waals surface area contributed by atoms with Crippen LogP contribution in [-0.4, -0.2) is 50.2 Å². The fourth-order valence-corrected chi connectivity index (χ4v) is 3.01. The van der Waals surface area contributed by atoms with Crippen LogP contribution in [0.5, 0.6) is 0 Å². The number of nitrogens with zero attached hydrogens (tertiary/aromatic N) is 2. The average Bonchev–Trinajstić information content (AvgIpc) is 3.08. The van der Waals surface area contributed by atoms with Gasteiger partial charge in [0.2, 0.25) is 0 Å². The summed E-state index contributed by atoms with van der Waals surface area (Å²) in [5.41, 5.74) is 1.38. The van der Waals surface area contributed by atoms with Gasteiger partial charge in [0, 0.05) is 0 Å². The molecule has 0 aromatic rings. The Kier molecular flexibility index (Phi) is 8.49. The van der Waals surface area contributed by atoms with Crippen molar-refractivity contribution < 1.29 is 26.0 Å².